The molecule has 0 atom stereocenters. The van der Waals surface area contributed by atoms with Gasteiger partial charge < -0.3 is 20.6 Å². The van der Waals surface area contributed by atoms with Gasteiger partial charge in [0.1, 0.15) is 6.54 Å². The van der Waals surface area contributed by atoms with E-state index < -0.39 is 24.3 Å². The molecule has 0 aromatic heterocycles. The molecule has 0 spiro atoms. The largest absolute Gasteiger partial charge is 0.480 e. The van der Waals surface area contributed by atoms with E-state index in [0.717, 1.165) is 36.9 Å². The van der Waals surface area contributed by atoms with Crippen molar-refractivity contribution < 1.29 is 24.3 Å². The summed E-state index contributed by atoms with van der Waals surface area (Å²) in [5.41, 5.74) is 4.57. The number of carboxylic acids is 1. The molecule has 1 aromatic carbocycles. The van der Waals surface area contributed by atoms with E-state index in [2.05, 4.69) is 28.9 Å². The SMILES string of the molecule is O=C(O)CNC(=O)CNC(=O)CCC(=O)N1Cc2ccccc2CCC2=C1CCC=C2. The van der Waals surface area contributed by atoms with Crippen molar-refractivity contribution in [1.29, 1.82) is 0 Å². The number of benzene rings is 1. The molecular weight excluding hydrogens is 398 g/mol. The highest BCUT2D eigenvalue weighted by Crippen LogP contribution is 2.31. The molecule has 1 heterocycles. The third kappa shape index (κ3) is 6.28. The number of carbonyl (C=O) groups excluding carboxylic acids is 3. The van der Waals surface area contributed by atoms with Crippen LogP contribution in [0.25, 0.3) is 0 Å². The average Bonchev–Trinajstić information content (AvgIpc) is 2.76. The Balaban J connectivity index is 1.61. The normalized spacial score (nSPS) is 15.3. The summed E-state index contributed by atoms with van der Waals surface area (Å²) in [4.78, 5) is 48.9. The Kier molecular flexibility index (Phi) is 7.59. The van der Waals surface area contributed by atoms with Crippen LogP contribution in [0.2, 0.25) is 0 Å². The van der Waals surface area contributed by atoms with Gasteiger partial charge in [-0.15, -0.1) is 0 Å². The summed E-state index contributed by atoms with van der Waals surface area (Å²) in [6.07, 6.45) is 7.73. The number of nitrogens with zero attached hydrogens (tertiary/aromatic N) is 1. The maximum atomic E-state index is 13.1. The van der Waals surface area contributed by atoms with E-state index in [4.69, 9.17) is 5.11 Å². The van der Waals surface area contributed by atoms with E-state index in [-0.39, 0.29) is 25.3 Å². The van der Waals surface area contributed by atoms with Crippen LogP contribution >= 0.6 is 0 Å². The molecule has 31 heavy (non-hydrogen) atoms. The summed E-state index contributed by atoms with van der Waals surface area (Å²) in [6, 6.07) is 8.12. The van der Waals surface area contributed by atoms with E-state index in [0.29, 0.717) is 6.54 Å². The molecule has 8 heteroatoms. The molecule has 1 aromatic rings. The zero-order valence-corrected chi connectivity index (χ0v) is 17.4. The molecule has 1 aliphatic carbocycles. The smallest absolute Gasteiger partial charge is 0.322 e. The van der Waals surface area contributed by atoms with Crippen LogP contribution in [0.3, 0.4) is 0 Å². The van der Waals surface area contributed by atoms with E-state index in [1.807, 2.05) is 23.1 Å². The fourth-order valence-corrected chi connectivity index (χ4v) is 3.83. The minimum Gasteiger partial charge on any atom is -0.480 e. The lowest BCUT2D eigenvalue weighted by atomic mass is 9.91. The van der Waals surface area contributed by atoms with E-state index in [1.165, 1.54) is 11.1 Å². The second-order valence-corrected chi connectivity index (χ2v) is 7.61. The summed E-state index contributed by atoms with van der Waals surface area (Å²) in [6.45, 7) is -0.339. The van der Waals surface area contributed by atoms with Crippen molar-refractivity contribution in [3.05, 3.63) is 58.8 Å². The van der Waals surface area contributed by atoms with Gasteiger partial charge in [0.05, 0.1) is 13.1 Å². The Morgan fingerprint density at radius 3 is 2.42 bits per heavy atom. The van der Waals surface area contributed by atoms with Crippen molar-refractivity contribution in [2.24, 2.45) is 0 Å². The second-order valence-electron chi connectivity index (χ2n) is 7.61. The molecule has 3 rings (SSSR count). The third-order valence-electron chi connectivity index (χ3n) is 5.42. The predicted octanol–water partition coefficient (Wildman–Crippen LogP) is 1.66. The van der Waals surface area contributed by atoms with Crippen LogP contribution in [-0.4, -0.2) is 46.8 Å². The highest BCUT2D eigenvalue weighted by atomic mass is 16.4. The lowest BCUT2D eigenvalue weighted by Crippen LogP contribution is -2.39. The topological polar surface area (TPSA) is 116 Å². The maximum absolute atomic E-state index is 13.1. The lowest BCUT2D eigenvalue weighted by molar-refractivity contribution is -0.138. The zero-order chi connectivity index (χ0) is 22.2. The molecule has 0 fully saturated rings. The van der Waals surface area contributed by atoms with Gasteiger partial charge in [-0.05, 0) is 42.4 Å². The number of allylic oxidation sites excluding steroid dienone is 4. The Morgan fingerprint density at radius 2 is 1.65 bits per heavy atom. The van der Waals surface area contributed by atoms with Crippen molar-refractivity contribution >= 4 is 23.7 Å². The van der Waals surface area contributed by atoms with E-state index in [9.17, 15) is 19.2 Å². The molecule has 0 bridgehead atoms. The number of rotatable bonds is 7. The molecule has 1 aliphatic heterocycles. The van der Waals surface area contributed by atoms with Crippen LogP contribution in [0, 0.1) is 0 Å². The number of fused-ring (bicyclic) bond motifs is 1. The fourth-order valence-electron chi connectivity index (χ4n) is 3.83. The van der Waals surface area contributed by atoms with E-state index >= 15 is 0 Å². The van der Waals surface area contributed by atoms with Crippen molar-refractivity contribution in [1.82, 2.24) is 15.5 Å². The number of hydrogen-bond donors (Lipinski definition) is 3. The van der Waals surface area contributed by atoms with Crippen LogP contribution in [0.5, 0.6) is 0 Å². The van der Waals surface area contributed by atoms with Gasteiger partial charge in [-0.3, -0.25) is 19.2 Å². The summed E-state index contributed by atoms with van der Waals surface area (Å²) in [5, 5.41) is 13.1. The molecule has 3 amide bonds. The van der Waals surface area contributed by atoms with Gasteiger partial charge in [-0.2, -0.15) is 0 Å². The van der Waals surface area contributed by atoms with Gasteiger partial charge in [-0.25, -0.2) is 0 Å². The fraction of sp³-hybridized carbons (Fsp3) is 0.391. The molecule has 2 aliphatic rings. The minimum absolute atomic E-state index is 0.0330. The Bertz CT molecular complexity index is 935. The second kappa shape index (κ2) is 10.6. The lowest BCUT2D eigenvalue weighted by Gasteiger charge is -2.32. The quantitative estimate of drug-likeness (QED) is 0.615. The first kappa shape index (κ1) is 22.3. The van der Waals surface area contributed by atoms with Gasteiger partial charge in [0.15, 0.2) is 0 Å². The molecule has 3 N–H and O–H groups in total. The first-order valence-electron chi connectivity index (χ1n) is 10.4. The Labute approximate surface area is 181 Å². The van der Waals surface area contributed by atoms with Crippen LogP contribution < -0.4 is 10.6 Å². The van der Waals surface area contributed by atoms with Crippen LogP contribution in [-0.2, 0) is 32.1 Å². The van der Waals surface area contributed by atoms with Gasteiger partial charge in [0, 0.05) is 18.5 Å². The number of carbonyl (C=O) groups is 4. The first-order chi connectivity index (χ1) is 14.9. The van der Waals surface area contributed by atoms with Crippen molar-refractivity contribution in [2.75, 3.05) is 13.1 Å². The number of aryl methyl sites for hydroxylation is 1. The van der Waals surface area contributed by atoms with Crippen LogP contribution in [0.1, 0.15) is 43.2 Å². The van der Waals surface area contributed by atoms with Gasteiger partial charge >= 0.3 is 5.97 Å². The zero-order valence-electron chi connectivity index (χ0n) is 17.4. The Hall–Kier alpha value is -3.42. The van der Waals surface area contributed by atoms with Gasteiger partial charge in [-0.1, -0.05) is 36.4 Å². The summed E-state index contributed by atoms with van der Waals surface area (Å²) >= 11 is 0. The van der Waals surface area contributed by atoms with Crippen molar-refractivity contribution in [3.8, 4) is 0 Å². The molecule has 0 saturated heterocycles. The molecular formula is C23H27N3O5. The molecule has 8 nitrogen and oxygen atoms in total. The van der Waals surface area contributed by atoms with E-state index in [1.54, 1.807) is 0 Å². The third-order valence-corrected chi connectivity index (χ3v) is 5.42. The maximum Gasteiger partial charge on any atom is 0.322 e. The summed E-state index contributed by atoms with van der Waals surface area (Å²) in [7, 11) is 0. The molecule has 0 unspecified atom stereocenters. The highest BCUT2D eigenvalue weighted by Gasteiger charge is 2.25. The van der Waals surface area contributed by atoms with Crippen molar-refractivity contribution in [3.63, 3.8) is 0 Å². The summed E-state index contributed by atoms with van der Waals surface area (Å²) in [5.74, 6) is -2.30. The van der Waals surface area contributed by atoms with Crippen LogP contribution in [0.15, 0.2) is 47.7 Å². The monoisotopic (exact) mass is 425 g/mol. The predicted molar refractivity (Wildman–Crippen MR) is 114 cm³/mol. The molecule has 0 radical (unpaired) electrons. The number of amides is 3. The number of aliphatic carboxylic acids is 1. The average molecular weight is 425 g/mol. The first-order valence-corrected chi connectivity index (χ1v) is 10.4. The Morgan fingerprint density at radius 1 is 0.903 bits per heavy atom. The van der Waals surface area contributed by atoms with Gasteiger partial charge in [0.25, 0.3) is 0 Å². The van der Waals surface area contributed by atoms with Gasteiger partial charge in [0.2, 0.25) is 17.7 Å². The highest BCUT2D eigenvalue weighted by molar-refractivity contribution is 5.88. The summed E-state index contributed by atoms with van der Waals surface area (Å²) < 4.78 is 0. The number of carboxylic acid groups (broad SMARTS) is 1. The standard InChI is InChI=1S/C23H27N3O5/c27-20(24-13-21(28)25-14-23(30)31)11-12-22(29)26-15-18-7-2-1-5-16(18)9-10-17-6-3-4-8-19(17)26/h1-3,5-7H,4,8-15H2,(H,24,27)(H,25,28)(H,30,31). The molecule has 164 valence electrons. The van der Waals surface area contributed by atoms with Crippen LogP contribution in [0.4, 0.5) is 0 Å². The van der Waals surface area contributed by atoms with Crippen molar-refractivity contribution in [2.45, 2.75) is 45.1 Å². The minimum atomic E-state index is -1.16. The number of hydrogen-bond acceptors (Lipinski definition) is 4. The molecule has 0 saturated carbocycles. The number of nitrogens with one attached hydrogen (secondary N) is 2.